The fraction of sp³-hybridized carbons (Fsp3) is 0.909. The van der Waals surface area contributed by atoms with Crippen LogP contribution in [0.1, 0.15) is 34.1 Å². The lowest BCUT2D eigenvalue weighted by molar-refractivity contribution is -0.123. The number of hydrogen-bond acceptors (Lipinski definition) is 3. The Morgan fingerprint density at radius 2 is 2.07 bits per heavy atom. The number of amides is 1. The third-order valence-electron chi connectivity index (χ3n) is 2.85. The van der Waals surface area contributed by atoms with E-state index in [-0.39, 0.29) is 17.5 Å². The lowest BCUT2D eigenvalue weighted by atomic mass is 10.0. The molecule has 0 heterocycles. The van der Waals surface area contributed by atoms with Crippen LogP contribution in [0.25, 0.3) is 0 Å². The monoisotopic (exact) mass is 215 g/mol. The summed E-state index contributed by atoms with van der Waals surface area (Å²) in [5.74, 6) is 0.0599. The van der Waals surface area contributed by atoms with Crippen LogP contribution in [-0.2, 0) is 4.79 Å². The van der Waals surface area contributed by atoms with Crippen LogP contribution in [0.4, 0.5) is 0 Å². The molecule has 4 heteroatoms. The van der Waals surface area contributed by atoms with Crippen molar-refractivity contribution in [3.63, 3.8) is 0 Å². The number of nitrogens with zero attached hydrogens (tertiary/aromatic N) is 1. The molecule has 0 bridgehead atoms. The van der Waals surface area contributed by atoms with Crippen LogP contribution in [0.15, 0.2) is 0 Å². The number of carbonyl (C=O) groups is 1. The second-order valence-corrected chi connectivity index (χ2v) is 4.79. The summed E-state index contributed by atoms with van der Waals surface area (Å²) in [5.41, 5.74) is 5.41. The molecule has 1 amide bonds. The van der Waals surface area contributed by atoms with E-state index < -0.39 is 0 Å². The molecule has 0 fully saturated rings. The van der Waals surface area contributed by atoms with Gasteiger partial charge in [-0.25, -0.2) is 0 Å². The van der Waals surface area contributed by atoms with E-state index in [1.54, 1.807) is 0 Å². The standard InChI is InChI=1S/C11H25N3O/c1-6-11(3,4)13-10(15)8-14(5)9(2)7-12/h9H,6-8,12H2,1-5H3,(H,13,15). The SMILES string of the molecule is CCC(C)(C)NC(=O)CN(C)C(C)CN. The van der Waals surface area contributed by atoms with Crippen molar-refractivity contribution >= 4 is 5.91 Å². The van der Waals surface area contributed by atoms with Gasteiger partial charge in [-0.1, -0.05) is 6.92 Å². The number of carbonyl (C=O) groups excluding carboxylic acids is 1. The molecular weight excluding hydrogens is 190 g/mol. The molecule has 0 aromatic heterocycles. The van der Waals surface area contributed by atoms with Gasteiger partial charge in [0.25, 0.3) is 0 Å². The number of nitrogens with one attached hydrogen (secondary N) is 1. The highest BCUT2D eigenvalue weighted by atomic mass is 16.2. The summed E-state index contributed by atoms with van der Waals surface area (Å²) in [6.07, 6.45) is 0.925. The van der Waals surface area contributed by atoms with Gasteiger partial charge in [-0.05, 0) is 34.2 Å². The Bertz CT molecular complexity index is 204. The summed E-state index contributed by atoms with van der Waals surface area (Å²) in [5, 5.41) is 2.99. The van der Waals surface area contributed by atoms with Crippen molar-refractivity contribution in [2.75, 3.05) is 20.1 Å². The predicted molar refractivity (Wildman–Crippen MR) is 63.7 cm³/mol. The highest BCUT2D eigenvalue weighted by molar-refractivity contribution is 5.78. The topological polar surface area (TPSA) is 58.4 Å². The Hall–Kier alpha value is -0.610. The first-order valence-corrected chi connectivity index (χ1v) is 5.53. The molecule has 1 unspecified atom stereocenters. The highest BCUT2D eigenvalue weighted by Gasteiger charge is 2.19. The molecule has 0 saturated carbocycles. The van der Waals surface area contributed by atoms with Gasteiger partial charge in [0.1, 0.15) is 0 Å². The summed E-state index contributed by atoms with van der Waals surface area (Å²) in [4.78, 5) is 13.6. The van der Waals surface area contributed by atoms with Gasteiger partial charge in [-0.15, -0.1) is 0 Å². The average molecular weight is 215 g/mol. The van der Waals surface area contributed by atoms with E-state index in [0.717, 1.165) is 6.42 Å². The maximum atomic E-state index is 11.7. The van der Waals surface area contributed by atoms with Gasteiger partial charge in [0.15, 0.2) is 0 Å². The molecule has 4 nitrogen and oxygen atoms in total. The Kier molecular flexibility index (Phi) is 5.83. The second kappa shape index (κ2) is 6.08. The Balaban J connectivity index is 4.04. The van der Waals surface area contributed by atoms with Gasteiger partial charge >= 0.3 is 0 Å². The molecule has 0 aliphatic heterocycles. The fourth-order valence-corrected chi connectivity index (χ4v) is 1.07. The molecule has 0 rings (SSSR count). The van der Waals surface area contributed by atoms with Gasteiger partial charge in [0, 0.05) is 18.1 Å². The third-order valence-corrected chi connectivity index (χ3v) is 2.85. The van der Waals surface area contributed by atoms with Gasteiger partial charge in [-0.3, -0.25) is 9.69 Å². The Morgan fingerprint density at radius 3 is 2.47 bits per heavy atom. The summed E-state index contributed by atoms with van der Waals surface area (Å²) in [7, 11) is 1.91. The molecule has 3 N–H and O–H groups in total. The van der Waals surface area contributed by atoms with Crippen LogP contribution in [-0.4, -0.2) is 42.5 Å². The first-order valence-electron chi connectivity index (χ1n) is 5.53. The molecule has 15 heavy (non-hydrogen) atoms. The maximum absolute atomic E-state index is 11.7. The lowest BCUT2D eigenvalue weighted by Crippen LogP contribution is -2.49. The number of nitrogens with two attached hydrogens (primary N) is 1. The van der Waals surface area contributed by atoms with E-state index in [1.807, 2.05) is 32.7 Å². The first kappa shape index (κ1) is 14.4. The number of rotatable bonds is 6. The first-order chi connectivity index (χ1) is 6.82. The second-order valence-electron chi connectivity index (χ2n) is 4.79. The highest BCUT2D eigenvalue weighted by Crippen LogP contribution is 2.06. The van der Waals surface area contributed by atoms with Crippen LogP contribution in [0, 0.1) is 0 Å². The largest absolute Gasteiger partial charge is 0.350 e. The molecule has 0 spiro atoms. The zero-order valence-corrected chi connectivity index (χ0v) is 10.6. The van der Waals surface area contributed by atoms with Gasteiger partial charge in [0.05, 0.1) is 6.54 Å². The average Bonchev–Trinajstić information content (AvgIpc) is 2.15. The minimum absolute atomic E-state index is 0.0599. The molecular formula is C11H25N3O. The summed E-state index contributed by atoms with van der Waals surface area (Å²) in [6, 6.07) is 0.237. The molecule has 0 aliphatic carbocycles. The van der Waals surface area contributed by atoms with E-state index in [4.69, 9.17) is 5.73 Å². The summed E-state index contributed by atoms with van der Waals surface area (Å²) in [6.45, 7) is 9.10. The van der Waals surface area contributed by atoms with Crippen molar-refractivity contribution in [3.8, 4) is 0 Å². The van der Waals surface area contributed by atoms with Crippen molar-refractivity contribution in [1.82, 2.24) is 10.2 Å². The van der Waals surface area contributed by atoms with Crippen LogP contribution in [0.5, 0.6) is 0 Å². The lowest BCUT2D eigenvalue weighted by Gasteiger charge is -2.28. The van der Waals surface area contributed by atoms with Crippen molar-refractivity contribution < 1.29 is 4.79 Å². The van der Waals surface area contributed by atoms with E-state index in [2.05, 4.69) is 12.2 Å². The summed E-state index contributed by atoms with van der Waals surface area (Å²) < 4.78 is 0. The third kappa shape index (κ3) is 5.74. The van der Waals surface area contributed by atoms with E-state index in [1.165, 1.54) is 0 Å². The summed E-state index contributed by atoms with van der Waals surface area (Å²) >= 11 is 0. The molecule has 0 aromatic carbocycles. The van der Waals surface area contributed by atoms with Crippen molar-refractivity contribution in [2.24, 2.45) is 5.73 Å². The zero-order valence-electron chi connectivity index (χ0n) is 10.6. The minimum atomic E-state index is -0.121. The normalized spacial score (nSPS) is 14.1. The van der Waals surface area contributed by atoms with Crippen molar-refractivity contribution in [1.29, 1.82) is 0 Å². The van der Waals surface area contributed by atoms with Gasteiger partial charge in [-0.2, -0.15) is 0 Å². The molecule has 0 radical (unpaired) electrons. The molecule has 0 aromatic rings. The van der Waals surface area contributed by atoms with Crippen LogP contribution >= 0.6 is 0 Å². The van der Waals surface area contributed by atoms with Crippen molar-refractivity contribution in [2.45, 2.75) is 45.7 Å². The minimum Gasteiger partial charge on any atom is -0.350 e. The van der Waals surface area contributed by atoms with E-state index in [0.29, 0.717) is 13.1 Å². The maximum Gasteiger partial charge on any atom is 0.234 e. The van der Waals surface area contributed by atoms with E-state index >= 15 is 0 Å². The van der Waals surface area contributed by atoms with Crippen LogP contribution < -0.4 is 11.1 Å². The number of likely N-dealkylation sites (N-methyl/N-ethyl adjacent to an activating group) is 1. The van der Waals surface area contributed by atoms with Crippen molar-refractivity contribution in [3.05, 3.63) is 0 Å². The smallest absolute Gasteiger partial charge is 0.234 e. The van der Waals surface area contributed by atoms with Crippen LogP contribution in [0.2, 0.25) is 0 Å². The molecule has 0 aliphatic rings. The zero-order chi connectivity index (χ0) is 12.1. The molecule has 90 valence electrons. The quantitative estimate of drug-likeness (QED) is 0.681. The Morgan fingerprint density at radius 1 is 1.53 bits per heavy atom. The number of hydrogen-bond donors (Lipinski definition) is 2. The molecule has 0 saturated heterocycles. The Labute approximate surface area is 93.2 Å². The predicted octanol–water partition coefficient (Wildman–Crippen LogP) is 0.570. The van der Waals surface area contributed by atoms with Gasteiger partial charge in [0.2, 0.25) is 5.91 Å². The van der Waals surface area contributed by atoms with Gasteiger partial charge < -0.3 is 11.1 Å². The van der Waals surface area contributed by atoms with Crippen LogP contribution in [0.3, 0.4) is 0 Å². The van der Waals surface area contributed by atoms with E-state index in [9.17, 15) is 4.79 Å². The molecule has 1 atom stereocenters. The fourth-order valence-electron chi connectivity index (χ4n) is 1.07.